The van der Waals surface area contributed by atoms with Gasteiger partial charge in [0.25, 0.3) is 23.1 Å². The summed E-state index contributed by atoms with van der Waals surface area (Å²) in [5.74, 6) is -2.03. The number of ether oxygens (including phenoxy) is 1. The van der Waals surface area contributed by atoms with Crippen LogP contribution in [0.3, 0.4) is 0 Å². The van der Waals surface area contributed by atoms with Gasteiger partial charge in [-0.25, -0.2) is 10.5 Å². The molecule has 2 amide bonds. The van der Waals surface area contributed by atoms with Crippen molar-refractivity contribution in [2.75, 3.05) is 7.11 Å². The first-order valence-corrected chi connectivity index (χ1v) is 11.0. The van der Waals surface area contributed by atoms with Gasteiger partial charge in [-0.2, -0.15) is 10.2 Å². The molecule has 0 aliphatic rings. The molecule has 0 radical (unpaired) electrons. The maximum Gasteiger partial charge on any atom is 0.274 e. The number of phenolic OH excluding ortho intramolecular Hbond substituents is 1. The van der Waals surface area contributed by atoms with Crippen molar-refractivity contribution in [1.82, 2.24) is 20.9 Å². The molecule has 4 N–H and O–H groups in total. The van der Waals surface area contributed by atoms with Gasteiger partial charge in [-0.1, -0.05) is 36.4 Å². The van der Waals surface area contributed by atoms with E-state index >= 15 is 0 Å². The Morgan fingerprint density at radius 1 is 1.13 bits per heavy atom. The lowest BCUT2D eigenvalue weighted by Gasteiger charge is -2.18. The monoisotopic (exact) mass is 516 g/mol. The van der Waals surface area contributed by atoms with Gasteiger partial charge >= 0.3 is 0 Å². The molecule has 13 heteroatoms. The summed E-state index contributed by atoms with van der Waals surface area (Å²) in [6.07, 6.45) is 0.983. The Hall–Kier alpha value is -5.59. The van der Waals surface area contributed by atoms with E-state index in [9.17, 15) is 29.6 Å². The number of methoxy groups -OCH3 is 1. The van der Waals surface area contributed by atoms with E-state index in [1.54, 1.807) is 54.6 Å². The van der Waals surface area contributed by atoms with Gasteiger partial charge in [0.15, 0.2) is 17.5 Å². The number of rotatable bonds is 8. The minimum absolute atomic E-state index is 0.0528. The summed E-state index contributed by atoms with van der Waals surface area (Å²) in [7, 11) is 1.23. The second kappa shape index (κ2) is 11.0. The lowest BCUT2D eigenvalue weighted by molar-refractivity contribution is -0.385. The van der Waals surface area contributed by atoms with Crippen LogP contribution < -0.4 is 21.0 Å². The van der Waals surface area contributed by atoms with Crippen LogP contribution in [0.2, 0.25) is 0 Å². The largest absolute Gasteiger partial charge is 0.504 e. The quantitative estimate of drug-likeness (QED) is 0.156. The highest BCUT2D eigenvalue weighted by Gasteiger charge is 2.27. The van der Waals surface area contributed by atoms with E-state index in [0.717, 1.165) is 18.3 Å². The van der Waals surface area contributed by atoms with Crippen molar-refractivity contribution < 1.29 is 24.4 Å². The van der Waals surface area contributed by atoms with Gasteiger partial charge in [-0.05, 0) is 18.2 Å². The molecule has 1 aromatic heterocycles. The van der Waals surface area contributed by atoms with E-state index in [1.807, 2.05) is 0 Å². The topological polar surface area (TPSA) is 189 Å². The highest BCUT2D eigenvalue weighted by molar-refractivity contribution is 5.99. The molecule has 38 heavy (non-hydrogen) atoms. The van der Waals surface area contributed by atoms with Crippen LogP contribution in [-0.2, 0) is 4.79 Å². The van der Waals surface area contributed by atoms with Gasteiger partial charge in [0.2, 0.25) is 0 Å². The molecular formula is C25H20N6O7. The first-order valence-electron chi connectivity index (χ1n) is 11.0. The van der Waals surface area contributed by atoms with Crippen LogP contribution in [0.4, 0.5) is 5.69 Å². The zero-order chi connectivity index (χ0) is 27.2. The zero-order valence-electron chi connectivity index (χ0n) is 19.7. The predicted octanol–water partition coefficient (Wildman–Crippen LogP) is 2.17. The summed E-state index contributed by atoms with van der Waals surface area (Å²) in [5, 5.41) is 34.8. The average Bonchev–Trinajstić information content (AvgIpc) is 2.93. The zero-order valence-corrected chi connectivity index (χ0v) is 19.7. The number of hydrogen-bond donors (Lipinski definition) is 4. The number of aromatic nitrogens is 2. The number of nitrogens with zero attached hydrogens (tertiary/aromatic N) is 3. The number of H-pyrrole nitrogens is 1. The Morgan fingerprint density at radius 3 is 2.50 bits per heavy atom. The lowest BCUT2D eigenvalue weighted by Crippen LogP contribution is -2.40. The summed E-state index contributed by atoms with van der Waals surface area (Å²) in [4.78, 5) is 48.9. The Morgan fingerprint density at radius 2 is 1.82 bits per heavy atom. The number of aromatic amines is 1. The van der Waals surface area contributed by atoms with E-state index in [0.29, 0.717) is 5.39 Å². The third-order valence-corrected chi connectivity index (χ3v) is 5.47. The van der Waals surface area contributed by atoms with Gasteiger partial charge in [-0.3, -0.25) is 24.5 Å². The lowest BCUT2D eigenvalue weighted by atomic mass is 10.0. The molecule has 4 rings (SSSR count). The number of amides is 2. The van der Waals surface area contributed by atoms with E-state index < -0.39 is 34.1 Å². The molecule has 192 valence electrons. The number of fused-ring (bicyclic) bond motifs is 1. The normalized spacial score (nSPS) is 11.7. The maximum atomic E-state index is 13.2. The van der Waals surface area contributed by atoms with Crippen LogP contribution in [0.1, 0.15) is 27.7 Å². The maximum absolute atomic E-state index is 13.2. The van der Waals surface area contributed by atoms with Gasteiger partial charge < -0.3 is 15.2 Å². The first kappa shape index (κ1) is 25.5. The minimum Gasteiger partial charge on any atom is -0.504 e. The Kier molecular flexibility index (Phi) is 7.38. The standard InChI is InChI=1S/C25H20N6O7/c1-38-19-12-16(31(36)37)11-15(22(19)32)13-26-29-25(35)21(27-23(33)14-7-3-2-4-8-14)20-17-9-5-6-10-18(17)24(34)30-28-20/h2-13,21,32H,1H3,(H,27,33)(H,29,35)(H,30,34)/b26-13+. The van der Waals surface area contributed by atoms with Crippen molar-refractivity contribution >= 4 is 34.5 Å². The second-order valence-corrected chi connectivity index (χ2v) is 7.83. The molecule has 0 saturated carbocycles. The number of nitro groups is 1. The molecule has 0 bridgehead atoms. The molecule has 0 spiro atoms. The van der Waals surface area contributed by atoms with E-state index in [-0.39, 0.29) is 33.6 Å². The number of benzene rings is 3. The Bertz CT molecular complexity index is 1620. The first-order chi connectivity index (χ1) is 18.3. The summed E-state index contributed by atoms with van der Waals surface area (Å²) in [6, 6.07) is 15.2. The van der Waals surface area contributed by atoms with E-state index in [1.165, 1.54) is 7.11 Å². The fourth-order valence-corrected chi connectivity index (χ4v) is 3.62. The number of non-ortho nitro benzene ring substituents is 1. The van der Waals surface area contributed by atoms with Crippen molar-refractivity contribution in [3.63, 3.8) is 0 Å². The number of phenols is 1. The smallest absolute Gasteiger partial charge is 0.274 e. The van der Waals surface area contributed by atoms with Crippen LogP contribution in [-0.4, -0.2) is 45.4 Å². The Balaban J connectivity index is 1.69. The van der Waals surface area contributed by atoms with Gasteiger partial charge in [-0.15, -0.1) is 0 Å². The molecule has 1 heterocycles. The van der Waals surface area contributed by atoms with E-state index in [4.69, 9.17) is 4.74 Å². The van der Waals surface area contributed by atoms with Crippen LogP contribution in [0.25, 0.3) is 10.8 Å². The fraction of sp³-hybridized carbons (Fsp3) is 0.0800. The minimum atomic E-state index is -1.41. The number of hydrazone groups is 1. The second-order valence-electron chi connectivity index (χ2n) is 7.83. The highest BCUT2D eigenvalue weighted by Crippen LogP contribution is 2.33. The number of nitrogens with one attached hydrogen (secondary N) is 3. The summed E-state index contributed by atoms with van der Waals surface area (Å²) >= 11 is 0. The fourth-order valence-electron chi connectivity index (χ4n) is 3.62. The van der Waals surface area contributed by atoms with Crippen molar-refractivity contribution in [3.8, 4) is 11.5 Å². The van der Waals surface area contributed by atoms with Gasteiger partial charge in [0.1, 0.15) is 5.69 Å². The molecule has 1 atom stereocenters. The molecule has 0 aliphatic heterocycles. The summed E-state index contributed by atoms with van der Waals surface area (Å²) < 4.78 is 4.95. The molecule has 4 aromatic rings. The Labute approximate surface area is 213 Å². The number of hydrogen-bond acceptors (Lipinski definition) is 9. The van der Waals surface area contributed by atoms with E-state index in [2.05, 4.69) is 26.0 Å². The van der Waals surface area contributed by atoms with Crippen molar-refractivity contribution in [3.05, 3.63) is 104 Å². The molecular weight excluding hydrogens is 496 g/mol. The SMILES string of the molecule is COc1cc([N+](=O)[O-])cc(/C=N/NC(=O)C(NC(=O)c2ccccc2)c2n[nH]c(=O)c3ccccc23)c1O. The van der Waals surface area contributed by atoms with Crippen molar-refractivity contribution in [2.45, 2.75) is 6.04 Å². The van der Waals surface area contributed by atoms with Crippen LogP contribution >= 0.6 is 0 Å². The molecule has 0 saturated heterocycles. The van der Waals surface area contributed by atoms with Crippen molar-refractivity contribution in [1.29, 1.82) is 0 Å². The van der Waals surface area contributed by atoms with Crippen LogP contribution in [0, 0.1) is 10.1 Å². The third kappa shape index (κ3) is 5.31. The van der Waals surface area contributed by atoms with Gasteiger partial charge in [0, 0.05) is 22.6 Å². The summed E-state index contributed by atoms with van der Waals surface area (Å²) in [6.45, 7) is 0. The number of nitro benzene ring substituents is 1. The third-order valence-electron chi connectivity index (χ3n) is 5.47. The average molecular weight is 516 g/mol. The summed E-state index contributed by atoms with van der Waals surface area (Å²) in [5.41, 5.74) is 1.61. The highest BCUT2D eigenvalue weighted by atomic mass is 16.6. The molecule has 13 nitrogen and oxygen atoms in total. The number of aromatic hydroxyl groups is 1. The number of carbonyl (C=O) groups excluding carboxylic acids is 2. The molecule has 1 unspecified atom stereocenters. The van der Waals surface area contributed by atoms with Crippen molar-refractivity contribution in [2.24, 2.45) is 5.10 Å². The van der Waals surface area contributed by atoms with Crippen LogP contribution in [0.15, 0.2) is 76.6 Å². The predicted molar refractivity (Wildman–Crippen MR) is 136 cm³/mol. The molecule has 0 aliphatic carbocycles. The molecule has 0 fully saturated rings. The van der Waals surface area contributed by atoms with Crippen LogP contribution in [0.5, 0.6) is 11.5 Å². The molecule has 3 aromatic carbocycles. The van der Waals surface area contributed by atoms with Gasteiger partial charge in [0.05, 0.1) is 29.7 Å². The number of carbonyl (C=O) groups is 2.